The Kier molecular flexibility index (Phi) is 2.26. The lowest BCUT2D eigenvalue weighted by molar-refractivity contribution is 0.434. The lowest BCUT2D eigenvalue weighted by atomic mass is 10.1. The van der Waals surface area contributed by atoms with Gasteiger partial charge >= 0.3 is 0 Å². The molecule has 3 rings (SSSR count). The molecule has 1 aromatic carbocycles. The fraction of sp³-hybridized carbons (Fsp3) is 0.0769. The Balaban J connectivity index is 2.25. The monoisotopic (exact) mass is 243 g/mol. The number of fused-ring (bicyclic) bond motifs is 1. The van der Waals surface area contributed by atoms with Crippen LogP contribution in [0.1, 0.15) is 5.56 Å². The van der Waals surface area contributed by atoms with Gasteiger partial charge in [-0.15, -0.1) is 10.2 Å². The minimum absolute atomic E-state index is 0.338. The summed E-state index contributed by atoms with van der Waals surface area (Å²) in [5, 5.41) is 18.6. The van der Waals surface area contributed by atoms with E-state index in [0.29, 0.717) is 16.9 Å². The average Bonchev–Trinajstić information content (AvgIpc) is 2.74. The summed E-state index contributed by atoms with van der Waals surface area (Å²) in [6.07, 6.45) is 1.83. The molecule has 2 aromatic heterocycles. The summed E-state index contributed by atoms with van der Waals surface area (Å²) < 4.78 is 13.3. The Labute approximate surface area is 102 Å². The van der Waals surface area contributed by atoms with Crippen molar-refractivity contribution in [1.82, 2.24) is 15.2 Å². The van der Waals surface area contributed by atoms with Crippen molar-refractivity contribution in [3.05, 3.63) is 41.8 Å². The number of H-pyrrole nitrogens is 1. The predicted molar refractivity (Wildman–Crippen MR) is 65.7 cm³/mol. The van der Waals surface area contributed by atoms with Crippen molar-refractivity contribution in [3.8, 4) is 17.0 Å². The molecule has 0 aliphatic rings. The second kappa shape index (κ2) is 3.80. The van der Waals surface area contributed by atoms with Crippen LogP contribution in [0.3, 0.4) is 0 Å². The van der Waals surface area contributed by atoms with Gasteiger partial charge in [0.2, 0.25) is 0 Å². The third-order valence-electron chi connectivity index (χ3n) is 2.91. The number of nitrogens with one attached hydrogen (secondary N) is 1. The van der Waals surface area contributed by atoms with E-state index in [1.54, 1.807) is 12.1 Å². The first-order valence-electron chi connectivity index (χ1n) is 5.46. The number of aromatic hydroxyl groups is 1. The molecule has 90 valence electrons. The average molecular weight is 243 g/mol. The lowest BCUT2D eigenvalue weighted by Crippen LogP contribution is -1.90. The van der Waals surface area contributed by atoms with Gasteiger partial charge in [0.05, 0.1) is 5.69 Å². The van der Waals surface area contributed by atoms with Crippen LogP contribution in [0.15, 0.2) is 30.5 Å². The van der Waals surface area contributed by atoms with Gasteiger partial charge in [0.25, 0.3) is 0 Å². The van der Waals surface area contributed by atoms with Crippen molar-refractivity contribution in [3.63, 3.8) is 0 Å². The first-order valence-corrected chi connectivity index (χ1v) is 5.46. The fourth-order valence-corrected chi connectivity index (χ4v) is 1.91. The van der Waals surface area contributed by atoms with E-state index in [1.807, 2.05) is 13.1 Å². The van der Waals surface area contributed by atoms with Crippen LogP contribution in [0.25, 0.3) is 22.3 Å². The zero-order valence-electron chi connectivity index (χ0n) is 9.61. The molecule has 0 radical (unpaired) electrons. The molecular weight excluding hydrogens is 233 g/mol. The summed E-state index contributed by atoms with van der Waals surface area (Å²) in [4.78, 5) is 2.98. The molecule has 3 aromatic rings. The van der Waals surface area contributed by atoms with Gasteiger partial charge in [-0.2, -0.15) is 0 Å². The number of aromatic amines is 1. The molecule has 0 spiro atoms. The lowest BCUT2D eigenvalue weighted by Gasteiger charge is -2.04. The molecule has 0 aliphatic heterocycles. The predicted octanol–water partition coefficient (Wildman–Crippen LogP) is 2.78. The number of hydrogen-bond donors (Lipinski definition) is 2. The number of halogens is 1. The molecular formula is C13H10FN3O. The maximum Gasteiger partial charge on any atom is 0.165 e. The minimum atomic E-state index is -0.666. The highest BCUT2D eigenvalue weighted by molar-refractivity contribution is 5.83. The number of para-hydroxylation sites is 1. The van der Waals surface area contributed by atoms with Crippen molar-refractivity contribution in [2.45, 2.75) is 6.92 Å². The number of benzene rings is 1. The standard InChI is InChI=1S/C13H10FN3O/c1-7-6-15-13-9(7)5-11(16-17-13)8-3-2-4-10(14)12(8)18/h2-6,18H,1H3,(H,15,17). The van der Waals surface area contributed by atoms with Crippen LogP contribution in [0, 0.1) is 12.7 Å². The van der Waals surface area contributed by atoms with Gasteiger partial charge < -0.3 is 10.1 Å². The third-order valence-corrected chi connectivity index (χ3v) is 2.91. The molecule has 0 unspecified atom stereocenters. The summed E-state index contributed by atoms with van der Waals surface area (Å²) in [7, 11) is 0. The van der Waals surface area contributed by atoms with E-state index < -0.39 is 11.6 Å². The Morgan fingerprint density at radius 1 is 1.28 bits per heavy atom. The number of hydrogen-bond acceptors (Lipinski definition) is 3. The smallest absolute Gasteiger partial charge is 0.165 e. The van der Waals surface area contributed by atoms with Gasteiger partial charge in [0.15, 0.2) is 17.2 Å². The zero-order valence-corrected chi connectivity index (χ0v) is 9.61. The van der Waals surface area contributed by atoms with Crippen LogP contribution in [0.5, 0.6) is 5.75 Å². The summed E-state index contributed by atoms with van der Waals surface area (Å²) in [5.41, 5.74) is 2.48. The second-order valence-electron chi connectivity index (χ2n) is 4.10. The highest BCUT2D eigenvalue weighted by Crippen LogP contribution is 2.31. The molecule has 0 amide bonds. The molecule has 0 aliphatic carbocycles. The highest BCUT2D eigenvalue weighted by atomic mass is 19.1. The van der Waals surface area contributed by atoms with E-state index in [4.69, 9.17) is 0 Å². The number of aryl methyl sites for hydroxylation is 1. The molecule has 0 atom stereocenters. The molecule has 2 N–H and O–H groups in total. The van der Waals surface area contributed by atoms with E-state index >= 15 is 0 Å². The van der Waals surface area contributed by atoms with Crippen molar-refractivity contribution in [2.24, 2.45) is 0 Å². The molecule has 0 bridgehead atoms. The van der Waals surface area contributed by atoms with Gasteiger partial charge in [0.1, 0.15) is 0 Å². The van der Waals surface area contributed by atoms with Crippen LogP contribution in [0.4, 0.5) is 4.39 Å². The van der Waals surface area contributed by atoms with E-state index in [1.165, 1.54) is 12.1 Å². The zero-order chi connectivity index (χ0) is 12.7. The number of phenolic OH excluding ortho intramolecular Hbond substituents is 1. The second-order valence-corrected chi connectivity index (χ2v) is 4.10. The molecule has 0 fully saturated rings. The van der Waals surface area contributed by atoms with E-state index in [9.17, 15) is 9.50 Å². The Morgan fingerprint density at radius 2 is 2.11 bits per heavy atom. The van der Waals surface area contributed by atoms with Crippen molar-refractivity contribution >= 4 is 11.0 Å². The topological polar surface area (TPSA) is 61.8 Å². The molecule has 5 heteroatoms. The Morgan fingerprint density at radius 3 is 2.94 bits per heavy atom. The number of rotatable bonds is 1. The van der Waals surface area contributed by atoms with E-state index in [2.05, 4.69) is 15.2 Å². The molecule has 18 heavy (non-hydrogen) atoms. The van der Waals surface area contributed by atoms with Crippen LogP contribution >= 0.6 is 0 Å². The summed E-state index contributed by atoms with van der Waals surface area (Å²) in [6, 6.07) is 6.12. The molecule has 0 saturated heterocycles. The maximum absolute atomic E-state index is 13.3. The van der Waals surface area contributed by atoms with Crippen LogP contribution in [-0.2, 0) is 0 Å². The van der Waals surface area contributed by atoms with Crippen molar-refractivity contribution in [2.75, 3.05) is 0 Å². The first kappa shape index (κ1) is 10.7. The molecule has 4 nitrogen and oxygen atoms in total. The van der Waals surface area contributed by atoms with Crippen molar-refractivity contribution < 1.29 is 9.50 Å². The van der Waals surface area contributed by atoms with E-state index in [-0.39, 0.29) is 0 Å². The minimum Gasteiger partial charge on any atom is -0.504 e. The summed E-state index contributed by atoms with van der Waals surface area (Å²) in [5.74, 6) is -1.07. The largest absolute Gasteiger partial charge is 0.504 e. The number of aromatic nitrogens is 3. The molecule has 0 saturated carbocycles. The fourth-order valence-electron chi connectivity index (χ4n) is 1.91. The van der Waals surface area contributed by atoms with Crippen LogP contribution in [-0.4, -0.2) is 20.3 Å². The first-order chi connectivity index (χ1) is 8.66. The van der Waals surface area contributed by atoms with Crippen LogP contribution < -0.4 is 0 Å². The van der Waals surface area contributed by atoms with Crippen molar-refractivity contribution in [1.29, 1.82) is 0 Å². The molecule has 2 heterocycles. The van der Waals surface area contributed by atoms with Gasteiger partial charge in [-0.1, -0.05) is 6.07 Å². The quantitative estimate of drug-likeness (QED) is 0.690. The highest BCUT2D eigenvalue weighted by Gasteiger charge is 2.12. The van der Waals surface area contributed by atoms with Gasteiger partial charge in [-0.25, -0.2) is 4.39 Å². The Hall–Kier alpha value is -2.43. The van der Waals surface area contributed by atoms with Crippen LogP contribution in [0.2, 0.25) is 0 Å². The van der Waals surface area contributed by atoms with Gasteiger partial charge in [-0.05, 0) is 30.7 Å². The van der Waals surface area contributed by atoms with E-state index in [0.717, 1.165) is 10.9 Å². The number of phenols is 1. The maximum atomic E-state index is 13.3. The SMILES string of the molecule is Cc1c[nH]c2nnc(-c3cccc(F)c3O)cc12. The summed E-state index contributed by atoms with van der Waals surface area (Å²) in [6.45, 7) is 1.94. The third kappa shape index (κ3) is 1.52. The Bertz CT molecular complexity index is 736. The number of nitrogens with zero attached hydrogens (tertiary/aromatic N) is 2. The summed E-state index contributed by atoms with van der Waals surface area (Å²) >= 11 is 0. The normalized spacial score (nSPS) is 11.0. The van der Waals surface area contributed by atoms with Gasteiger partial charge in [0, 0.05) is 17.1 Å². The van der Waals surface area contributed by atoms with Gasteiger partial charge in [-0.3, -0.25) is 0 Å².